The third kappa shape index (κ3) is 10.8. The van der Waals surface area contributed by atoms with Crippen LogP contribution in [0.3, 0.4) is 0 Å². The molecule has 0 spiro atoms. The maximum absolute atomic E-state index is 13.3. The Labute approximate surface area is 322 Å². The first-order valence-electron chi connectivity index (χ1n) is 18.6. The van der Waals surface area contributed by atoms with E-state index in [0.717, 1.165) is 6.42 Å². The first-order chi connectivity index (χ1) is 25.8. The number of oxazole rings is 1. The molecule has 54 heavy (non-hydrogen) atoms. The Kier molecular flexibility index (Phi) is 13.8. The van der Waals surface area contributed by atoms with E-state index in [4.69, 9.17) is 13.9 Å². The first-order valence-corrected chi connectivity index (χ1v) is 19.4. The summed E-state index contributed by atoms with van der Waals surface area (Å²) in [6.45, 7) is 11.2. The molecule has 0 aromatic carbocycles. The lowest BCUT2D eigenvalue weighted by Gasteiger charge is -2.36. The molecule has 10 nitrogen and oxygen atoms in total. The Morgan fingerprint density at radius 2 is 1.35 bits per heavy atom. The van der Waals surface area contributed by atoms with Crippen LogP contribution in [0.5, 0.6) is 0 Å². The van der Waals surface area contributed by atoms with Crippen molar-refractivity contribution in [1.82, 2.24) is 15.3 Å². The maximum atomic E-state index is 13.3. The number of carbonyl (C=O) groups is 2. The van der Waals surface area contributed by atoms with Gasteiger partial charge in [-0.25, -0.2) is 19.6 Å². The Balaban J connectivity index is 1.35. The van der Waals surface area contributed by atoms with E-state index in [9.17, 15) is 19.8 Å². The van der Waals surface area contributed by atoms with Crippen LogP contribution in [0.2, 0.25) is 0 Å². The molecule has 1 aliphatic carbocycles. The van der Waals surface area contributed by atoms with E-state index in [0.29, 0.717) is 29.7 Å². The molecule has 1 saturated heterocycles. The van der Waals surface area contributed by atoms with Gasteiger partial charge in [-0.15, -0.1) is 11.3 Å². The number of esters is 2. The second kappa shape index (κ2) is 18.3. The normalized spacial score (nSPS) is 30.5. The molecule has 3 N–H and O–H groups in total. The van der Waals surface area contributed by atoms with Crippen LogP contribution in [-0.2, 0) is 9.47 Å². The Hall–Kier alpha value is -4.42. The monoisotopic (exact) mass is 755 g/mol. The van der Waals surface area contributed by atoms with E-state index >= 15 is 0 Å². The molecular weight excluding hydrogens is 703 g/mol. The number of aromatic nitrogens is 2. The molecule has 288 valence electrons. The van der Waals surface area contributed by atoms with Crippen molar-refractivity contribution in [2.75, 3.05) is 0 Å². The lowest BCUT2D eigenvalue weighted by Crippen LogP contribution is -2.42. The lowest BCUT2D eigenvalue weighted by molar-refractivity contribution is -0.0461. The molecule has 2 aromatic rings. The van der Waals surface area contributed by atoms with Crippen molar-refractivity contribution >= 4 is 35.4 Å². The van der Waals surface area contributed by atoms with Gasteiger partial charge in [-0.3, -0.25) is 0 Å². The molecule has 0 amide bonds. The van der Waals surface area contributed by atoms with Gasteiger partial charge in [0.2, 0.25) is 5.89 Å². The Morgan fingerprint density at radius 1 is 0.778 bits per heavy atom. The van der Waals surface area contributed by atoms with Gasteiger partial charge in [0.1, 0.15) is 23.5 Å². The average molecular weight is 756 g/mol. The number of allylic oxidation sites excluding steroid dienone is 8. The summed E-state index contributed by atoms with van der Waals surface area (Å²) in [5.41, 5.74) is -1.26. The second-order valence-electron chi connectivity index (χ2n) is 15.1. The number of thiazole rings is 1. The number of hydrogen-bond acceptors (Lipinski definition) is 11. The predicted molar refractivity (Wildman–Crippen MR) is 212 cm³/mol. The van der Waals surface area contributed by atoms with Gasteiger partial charge in [0, 0.05) is 47.2 Å². The number of nitrogens with one attached hydrogen (secondary N) is 1. The molecule has 2 aromatic heterocycles. The van der Waals surface area contributed by atoms with Gasteiger partial charge in [-0.05, 0) is 38.2 Å². The molecular formula is C43H53N3O7S. The van der Waals surface area contributed by atoms with Gasteiger partial charge >= 0.3 is 11.9 Å². The van der Waals surface area contributed by atoms with E-state index in [-0.39, 0.29) is 29.4 Å². The quantitative estimate of drug-likeness (QED) is 0.151. The Bertz CT molecular complexity index is 1710. The van der Waals surface area contributed by atoms with Gasteiger partial charge in [-0.1, -0.05) is 113 Å². The number of aliphatic hydroxyl groups excluding tert-OH is 2. The molecule has 1 saturated carbocycles. The van der Waals surface area contributed by atoms with Gasteiger partial charge in [-0.2, -0.15) is 0 Å². The van der Waals surface area contributed by atoms with Crippen molar-refractivity contribution in [3.63, 3.8) is 0 Å². The van der Waals surface area contributed by atoms with Crippen molar-refractivity contribution in [1.29, 1.82) is 0 Å². The minimum atomic E-state index is -0.829. The molecule has 8 atom stereocenters. The molecule has 11 heteroatoms. The fourth-order valence-electron chi connectivity index (χ4n) is 6.13. The van der Waals surface area contributed by atoms with Crippen LogP contribution >= 0.6 is 11.3 Å². The third-order valence-corrected chi connectivity index (χ3v) is 11.1. The molecule has 2 aliphatic heterocycles. The molecule has 4 bridgehead atoms. The summed E-state index contributed by atoms with van der Waals surface area (Å²) in [7, 11) is 0. The molecule has 2 fully saturated rings. The average Bonchev–Trinajstić information content (AvgIpc) is 3.93. The summed E-state index contributed by atoms with van der Waals surface area (Å²) in [4.78, 5) is 35.4. The summed E-state index contributed by atoms with van der Waals surface area (Å²) in [5, 5.41) is 27.6. The zero-order chi connectivity index (χ0) is 38.9. The van der Waals surface area contributed by atoms with Crippen molar-refractivity contribution in [3.8, 4) is 0 Å². The van der Waals surface area contributed by atoms with Crippen molar-refractivity contribution in [2.45, 2.75) is 97.3 Å². The van der Waals surface area contributed by atoms with E-state index in [2.05, 4.69) is 27.4 Å². The van der Waals surface area contributed by atoms with Gasteiger partial charge in [0.15, 0.2) is 11.4 Å². The highest BCUT2D eigenvalue weighted by Gasteiger charge is 2.40. The van der Waals surface area contributed by atoms with Crippen LogP contribution in [0.4, 0.5) is 0 Å². The highest BCUT2D eigenvalue weighted by Crippen LogP contribution is 2.41. The van der Waals surface area contributed by atoms with E-state index in [1.807, 2.05) is 90.2 Å². The second-order valence-corrected chi connectivity index (χ2v) is 16.0. The number of fused-ring (bicyclic) bond motifs is 6. The molecule has 1 unspecified atom stereocenters. The van der Waals surface area contributed by atoms with E-state index in [1.165, 1.54) is 17.6 Å². The van der Waals surface area contributed by atoms with Gasteiger partial charge in [0.25, 0.3) is 0 Å². The SMILES string of the molecule is C/C=C/[C@H](O)C(C)(C)[C@@H]1C/C=C\C2C[C@@H]2/C=C/C=C\c2nc(cs2)C(=O)O[C@H](C(C)(C)[C@@H](O)/C=C/C)C/C=C\[C@H]2N[C@H]2/C=C/C=C\c2nc(co2)C(=O)O1. The van der Waals surface area contributed by atoms with Crippen molar-refractivity contribution in [2.24, 2.45) is 22.7 Å². The highest BCUT2D eigenvalue weighted by atomic mass is 32.1. The smallest absolute Gasteiger partial charge is 0.360 e. The summed E-state index contributed by atoms with van der Waals surface area (Å²) in [5.74, 6) is -0.153. The fraction of sp³-hybridized carbons (Fsp3) is 0.442. The fourth-order valence-corrected chi connectivity index (χ4v) is 6.82. The lowest BCUT2D eigenvalue weighted by atomic mass is 9.79. The topological polar surface area (TPSA) is 154 Å². The molecule has 4 heterocycles. The highest BCUT2D eigenvalue weighted by molar-refractivity contribution is 7.10. The van der Waals surface area contributed by atoms with Crippen LogP contribution < -0.4 is 5.32 Å². The number of nitrogens with zero attached hydrogens (tertiary/aromatic N) is 2. The summed E-state index contributed by atoms with van der Waals surface area (Å²) in [6, 6.07) is 0.211. The van der Waals surface area contributed by atoms with Crippen molar-refractivity contribution in [3.05, 3.63) is 119 Å². The number of rotatable bonds is 6. The number of aliphatic hydroxyl groups is 2. The number of hydrogen-bond donors (Lipinski definition) is 3. The van der Waals surface area contributed by atoms with Crippen LogP contribution in [0.25, 0.3) is 12.2 Å². The van der Waals surface area contributed by atoms with Crippen LogP contribution in [-0.4, -0.2) is 68.6 Å². The minimum Gasteiger partial charge on any atom is -0.457 e. The summed E-state index contributed by atoms with van der Waals surface area (Å²) >= 11 is 1.36. The molecule has 0 radical (unpaired) electrons. The third-order valence-electron chi connectivity index (χ3n) is 10.3. The molecule has 5 rings (SSSR count). The largest absolute Gasteiger partial charge is 0.457 e. The summed E-state index contributed by atoms with van der Waals surface area (Å²) < 4.78 is 17.5. The number of carbonyl (C=O) groups excluding carboxylic acids is 2. The van der Waals surface area contributed by atoms with Crippen LogP contribution in [0.1, 0.15) is 92.7 Å². The van der Waals surface area contributed by atoms with Gasteiger partial charge < -0.3 is 29.4 Å². The number of ether oxygens (including phenoxy) is 2. The Morgan fingerprint density at radius 3 is 2.02 bits per heavy atom. The zero-order valence-corrected chi connectivity index (χ0v) is 32.7. The molecule has 3 aliphatic rings. The summed E-state index contributed by atoms with van der Waals surface area (Å²) in [6.07, 6.45) is 30.6. The van der Waals surface area contributed by atoms with Crippen molar-refractivity contribution < 1.29 is 33.7 Å². The first kappa shape index (κ1) is 40.8. The van der Waals surface area contributed by atoms with E-state index < -0.39 is 47.2 Å². The van der Waals surface area contributed by atoms with Crippen LogP contribution in [0, 0.1) is 22.7 Å². The van der Waals surface area contributed by atoms with Gasteiger partial charge in [0.05, 0.1) is 12.2 Å². The minimum absolute atomic E-state index is 0.0532. The standard InChI is InChI=1S/C43H53N3O7S/c1-7-15-34(47)42(3,4)36-21-13-18-29-25-28(29)17-9-12-24-39-46-33(27-54-39)41(50)53-37(43(5,6)35(48)16-8-2)22-14-20-31-30(44-31)19-10-11-23-38-45-32(26-51-38)40(49)52-36/h7-20,23-24,26-31,34-37,44,47-48H,21-22,25H2,1-6H3/b15-7+,16-8+,17-9+,18-13-,19-10+,20-14-,23-11-,24-12-/t28-,29?,30-,31+,34-,35-,36-,37-/m0/s1. The number of cyclic esters (lactones) is 2. The van der Waals surface area contributed by atoms with E-state index in [1.54, 1.807) is 41.8 Å². The predicted octanol–water partition coefficient (Wildman–Crippen LogP) is 7.83. The maximum Gasteiger partial charge on any atom is 0.360 e. The van der Waals surface area contributed by atoms with Crippen LogP contribution in [0.15, 0.2) is 101 Å². The zero-order valence-electron chi connectivity index (χ0n) is 31.9.